The van der Waals surface area contributed by atoms with E-state index in [9.17, 15) is 9.90 Å². The van der Waals surface area contributed by atoms with Gasteiger partial charge < -0.3 is 16.2 Å². The molecule has 6 heteroatoms. The Bertz CT molecular complexity index is 889. The summed E-state index contributed by atoms with van der Waals surface area (Å²) >= 11 is 0. The fraction of sp³-hybridized carbons (Fsp3) is 0.560. The summed E-state index contributed by atoms with van der Waals surface area (Å²) in [5.41, 5.74) is 12.8. The van der Waals surface area contributed by atoms with Gasteiger partial charge in [-0.05, 0) is 66.2 Å². The quantitative estimate of drug-likeness (QED) is 0.430. The third kappa shape index (κ3) is 5.35. The fourth-order valence-corrected chi connectivity index (χ4v) is 4.81. The Balaban J connectivity index is 2.13. The summed E-state index contributed by atoms with van der Waals surface area (Å²) in [6.45, 7) is 6.26. The van der Waals surface area contributed by atoms with E-state index in [1.165, 1.54) is 30.4 Å². The summed E-state index contributed by atoms with van der Waals surface area (Å²) in [5, 5.41) is 12.9. The summed E-state index contributed by atoms with van der Waals surface area (Å²) in [5.74, 6) is 0.0734. The zero-order valence-corrected chi connectivity index (χ0v) is 19.1. The number of nitrogens with zero attached hydrogens (tertiary/aromatic N) is 2. The second-order valence-electron chi connectivity index (χ2n) is 8.61. The van der Waals surface area contributed by atoms with Gasteiger partial charge in [0.1, 0.15) is 0 Å². The molecule has 31 heavy (non-hydrogen) atoms. The van der Waals surface area contributed by atoms with Gasteiger partial charge in [0.25, 0.3) is 0 Å². The molecule has 1 aliphatic carbocycles. The lowest BCUT2D eigenvalue weighted by Gasteiger charge is -2.30. The van der Waals surface area contributed by atoms with E-state index in [1.54, 1.807) is 0 Å². The van der Waals surface area contributed by atoms with Gasteiger partial charge in [-0.2, -0.15) is 0 Å². The number of rotatable bonds is 9. The molecule has 3 rings (SSSR count). The predicted molar refractivity (Wildman–Crippen MR) is 126 cm³/mol. The molecule has 1 atom stereocenters. The Morgan fingerprint density at radius 3 is 2.39 bits per heavy atom. The number of hydrogen-bond acceptors (Lipinski definition) is 5. The molecule has 0 saturated heterocycles. The van der Waals surface area contributed by atoms with Crippen molar-refractivity contribution < 1.29 is 9.90 Å². The van der Waals surface area contributed by atoms with E-state index in [2.05, 4.69) is 35.2 Å². The van der Waals surface area contributed by atoms with Gasteiger partial charge in [0, 0.05) is 12.4 Å². The van der Waals surface area contributed by atoms with Gasteiger partial charge in [-0.1, -0.05) is 46.1 Å². The van der Waals surface area contributed by atoms with Crippen LogP contribution in [0.15, 0.2) is 18.5 Å². The van der Waals surface area contributed by atoms with Gasteiger partial charge in [-0.3, -0.25) is 4.79 Å². The maximum atomic E-state index is 11.5. The molecule has 1 aliphatic rings. The number of carboxylic acid groups (broad SMARTS) is 1. The zero-order valence-electron chi connectivity index (χ0n) is 19.1. The van der Waals surface area contributed by atoms with Crippen LogP contribution in [-0.2, 0) is 17.6 Å². The number of nitrogen functional groups attached to an aromatic ring is 1. The average molecular weight is 425 g/mol. The van der Waals surface area contributed by atoms with Gasteiger partial charge >= 0.3 is 5.97 Å². The van der Waals surface area contributed by atoms with Crippen LogP contribution in [0.2, 0.25) is 0 Å². The SMILES string of the molecule is CCc1cnc(Nc2c(N)c([C@@H](CC)CC(=O)O)cc(CC)c2C2CCCCC2)nc1. The second-order valence-corrected chi connectivity index (χ2v) is 8.61. The van der Waals surface area contributed by atoms with Gasteiger partial charge in [0.15, 0.2) is 0 Å². The number of nitrogens with two attached hydrogens (primary N) is 1. The van der Waals surface area contributed by atoms with Crippen LogP contribution in [0.5, 0.6) is 0 Å². The van der Waals surface area contributed by atoms with E-state index in [-0.39, 0.29) is 12.3 Å². The number of nitrogens with one attached hydrogen (secondary N) is 1. The molecule has 0 unspecified atom stereocenters. The summed E-state index contributed by atoms with van der Waals surface area (Å²) < 4.78 is 0. The molecular formula is C25H36N4O2. The minimum Gasteiger partial charge on any atom is -0.481 e. The van der Waals surface area contributed by atoms with Crippen molar-refractivity contribution in [3.63, 3.8) is 0 Å². The standard InChI is InChI=1S/C25H36N4O2/c1-4-16-14-27-25(28-15-16)29-24-22(19-10-8-7-9-11-19)18(6-3)12-20(23(24)26)17(5-2)13-21(30)31/h12,14-15,17,19H,4-11,13,26H2,1-3H3,(H,30,31)(H,27,28,29)/t17-/m0/s1. The highest BCUT2D eigenvalue weighted by Crippen LogP contribution is 2.45. The number of anilines is 3. The summed E-state index contributed by atoms with van der Waals surface area (Å²) in [4.78, 5) is 20.5. The normalized spacial score (nSPS) is 15.6. The number of carbonyl (C=O) groups is 1. The summed E-state index contributed by atoms with van der Waals surface area (Å²) in [7, 11) is 0. The van der Waals surface area contributed by atoms with E-state index in [1.807, 2.05) is 19.3 Å². The molecule has 1 heterocycles. The van der Waals surface area contributed by atoms with Gasteiger partial charge in [-0.15, -0.1) is 0 Å². The van der Waals surface area contributed by atoms with Crippen LogP contribution < -0.4 is 11.1 Å². The lowest BCUT2D eigenvalue weighted by atomic mass is 9.78. The Kier molecular flexibility index (Phi) is 7.88. The molecule has 168 valence electrons. The molecule has 1 aromatic carbocycles. The van der Waals surface area contributed by atoms with Crippen molar-refractivity contribution in [1.29, 1.82) is 0 Å². The van der Waals surface area contributed by atoms with E-state index < -0.39 is 5.97 Å². The first-order valence-corrected chi connectivity index (χ1v) is 11.7. The number of benzene rings is 1. The molecule has 0 radical (unpaired) electrons. The van der Waals surface area contributed by atoms with Crippen LogP contribution in [0.4, 0.5) is 17.3 Å². The highest BCUT2D eigenvalue weighted by molar-refractivity contribution is 5.80. The third-order valence-electron chi connectivity index (χ3n) is 6.62. The van der Waals surface area contributed by atoms with Crippen molar-refractivity contribution in [1.82, 2.24) is 9.97 Å². The van der Waals surface area contributed by atoms with Crippen LogP contribution in [0, 0.1) is 0 Å². The molecule has 1 saturated carbocycles. The lowest BCUT2D eigenvalue weighted by Crippen LogP contribution is -2.16. The largest absolute Gasteiger partial charge is 0.481 e. The number of hydrogen-bond donors (Lipinski definition) is 3. The topological polar surface area (TPSA) is 101 Å². The van der Waals surface area contributed by atoms with E-state index in [4.69, 9.17) is 5.73 Å². The van der Waals surface area contributed by atoms with Gasteiger partial charge in [-0.25, -0.2) is 9.97 Å². The van der Waals surface area contributed by atoms with Crippen LogP contribution in [0.1, 0.15) is 99.8 Å². The molecule has 0 bridgehead atoms. The van der Waals surface area contributed by atoms with E-state index in [0.29, 0.717) is 17.6 Å². The summed E-state index contributed by atoms with van der Waals surface area (Å²) in [6, 6.07) is 2.17. The summed E-state index contributed by atoms with van der Waals surface area (Å²) in [6.07, 6.45) is 12.3. The van der Waals surface area contributed by atoms with Crippen molar-refractivity contribution >= 4 is 23.3 Å². The van der Waals surface area contributed by atoms with Crippen molar-refractivity contribution in [3.05, 3.63) is 40.7 Å². The Morgan fingerprint density at radius 1 is 1.16 bits per heavy atom. The minimum absolute atomic E-state index is 0.0771. The van der Waals surface area contributed by atoms with Crippen LogP contribution in [0.25, 0.3) is 0 Å². The van der Waals surface area contributed by atoms with Gasteiger partial charge in [0.05, 0.1) is 17.8 Å². The van der Waals surface area contributed by atoms with Crippen molar-refractivity contribution in [2.24, 2.45) is 0 Å². The number of aromatic nitrogens is 2. The molecule has 1 fully saturated rings. The minimum atomic E-state index is -0.798. The predicted octanol–water partition coefficient (Wildman–Crippen LogP) is 5.94. The third-order valence-corrected chi connectivity index (χ3v) is 6.62. The highest BCUT2D eigenvalue weighted by atomic mass is 16.4. The Labute approximate surface area is 185 Å². The molecule has 6 nitrogen and oxygen atoms in total. The van der Waals surface area contributed by atoms with Crippen LogP contribution in [0.3, 0.4) is 0 Å². The Hall–Kier alpha value is -2.63. The molecule has 0 spiro atoms. The number of aryl methyl sites for hydroxylation is 2. The fourth-order valence-electron chi connectivity index (χ4n) is 4.81. The average Bonchev–Trinajstić information content (AvgIpc) is 2.79. The van der Waals surface area contributed by atoms with Gasteiger partial charge in [0.2, 0.25) is 5.95 Å². The van der Waals surface area contributed by atoms with Crippen molar-refractivity contribution in [2.45, 2.75) is 90.4 Å². The number of aliphatic carboxylic acids is 1. The van der Waals surface area contributed by atoms with Crippen LogP contribution >= 0.6 is 0 Å². The first-order chi connectivity index (χ1) is 15.0. The van der Waals surface area contributed by atoms with Crippen molar-refractivity contribution in [3.8, 4) is 0 Å². The second kappa shape index (κ2) is 10.6. The zero-order chi connectivity index (χ0) is 22.4. The van der Waals surface area contributed by atoms with E-state index in [0.717, 1.165) is 48.9 Å². The monoisotopic (exact) mass is 424 g/mol. The molecular weight excluding hydrogens is 388 g/mol. The Morgan fingerprint density at radius 2 is 1.84 bits per heavy atom. The molecule has 0 amide bonds. The van der Waals surface area contributed by atoms with Crippen LogP contribution in [-0.4, -0.2) is 21.0 Å². The maximum absolute atomic E-state index is 11.5. The van der Waals surface area contributed by atoms with Crippen molar-refractivity contribution in [2.75, 3.05) is 11.1 Å². The lowest BCUT2D eigenvalue weighted by molar-refractivity contribution is -0.137. The first kappa shape index (κ1) is 23.0. The maximum Gasteiger partial charge on any atom is 0.303 e. The molecule has 0 aliphatic heterocycles. The molecule has 2 aromatic rings. The molecule has 1 aromatic heterocycles. The first-order valence-electron chi connectivity index (χ1n) is 11.7. The smallest absolute Gasteiger partial charge is 0.303 e. The number of carboxylic acids is 1. The molecule has 4 N–H and O–H groups in total. The van der Waals surface area contributed by atoms with E-state index >= 15 is 0 Å². The highest BCUT2D eigenvalue weighted by Gasteiger charge is 2.27.